The maximum atomic E-state index is 11.7. The number of phenolic OH excluding ortho intramolecular Hbond substituents is 2. The third kappa shape index (κ3) is 3.18. The molecule has 1 saturated heterocycles. The predicted molar refractivity (Wildman–Crippen MR) is 69.4 cm³/mol. The van der Waals surface area contributed by atoms with Crippen LogP contribution in [0.15, 0.2) is 18.2 Å². The minimum atomic E-state index is -1.14. The van der Waals surface area contributed by atoms with Crippen molar-refractivity contribution in [2.45, 2.75) is 12.5 Å². The Bertz CT molecular complexity index is 527. The third-order valence-corrected chi connectivity index (χ3v) is 3.25. The third-order valence-electron chi connectivity index (χ3n) is 3.25. The van der Waals surface area contributed by atoms with Crippen molar-refractivity contribution in [1.82, 2.24) is 10.6 Å². The summed E-state index contributed by atoms with van der Waals surface area (Å²) in [5.41, 5.74) is 0.514. The number of carbonyl (C=O) groups excluding carboxylic acids is 1. The quantitative estimate of drug-likeness (QED) is 0.461. The molecule has 0 aliphatic carbocycles. The summed E-state index contributed by atoms with van der Waals surface area (Å²) in [4.78, 5) is 22.9. The van der Waals surface area contributed by atoms with Crippen molar-refractivity contribution >= 4 is 11.9 Å². The molecule has 7 nitrogen and oxygen atoms in total. The Hall–Kier alpha value is -2.28. The van der Waals surface area contributed by atoms with Crippen molar-refractivity contribution in [2.75, 3.05) is 13.1 Å². The largest absolute Gasteiger partial charge is 0.504 e. The summed E-state index contributed by atoms with van der Waals surface area (Å²) >= 11 is 0. The maximum absolute atomic E-state index is 11.7. The molecule has 1 aliphatic rings. The van der Waals surface area contributed by atoms with E-state index < -0.39 is 12.0 Å². The minimum absolute atomic E-state index is 0.0368. The Kier molecular flexibility index (Phi) is 4.09. The molecular weight excluding hydrogens is 264 g/mol. The Morgan fingerprint density at radius 3 is 2.50 bits per heavy atom. The van der Waals surface area contributed by atoms with Gasteiger partial charge in [0, 0.05) is 19.5 Å². The van der Waals surface area contributed by atoms with Crippen molar-refractivity contribution in [1.29, 1.82) is 0 Å². The van der Waals surface area contributed by atoms with Gasteiger partial charge in [-0.25, -0.2) is 4.79 Å². The molecule has 0 radical (unpaired) electrons. The van der Waals surface area contributed by atoms with Crippen molar-refractivity contribution in [3.8, 4) is 11.5 Å². The topological polar surface area (TPSA) is 119 Å². The molecule has 1 aromatic carbocycles. The summed E-state index contributed by atoms with van der Waals surface area (Å²) < 4.78 is 0. The molecule has 1 aliphatic heterocycles. The van der Waals surface area contributed by atoms with E-state index >= 15 is 0 Å². The van der Waals surface area contributed by atoms with E-state index in [-0.39, 0.29) is 29.7 Å². The van der Waals surface area contributed by atoms with Crippen molar-refractivity contribution in [2.24, 2.45) is 5.92 Å². The summed E-state index contributed by atoms with van der Waals surface area (Å²) in [7, 11) is 0. The molecule has 20 heavy (non-hydrogen) atoms. The standard InChI is InChI=1S/C13H16N2O5/c16-10-2-1-7(4-11(10)17)3-9(13(19)20)15-12(18)8-5-14-6-8/h1-2,4,8-9,14,16-17H,3,5-6H2,(H,15,18)(H,19,20). The van der Waals surface area contributed by atoms with Gasteiger partial charge in [-0.2, -0.15) is 0 Å². The fraction of sp³-hybridized carbons (Fsp3) is 0.385. The number of hydrogen-bond donors (Lipinski definition) is 5. The van der Waals surface area contributed by atoms with E-state index in [9.17, 15) is 19.8 Å². The summed E-state index contributed by atoms with van der Waals surface area (Å²) in [6.07, 6.45) is 0.0368. The first-order valence-corrected chi connectivity index (χ1v) is 6.22. The lowest BCUT2D eigenvalue weighted by molar-refractivity contribution is -0.142. The van der Waals surface area contributed by atoms with E-state index in [1.54, 1.807) is 0 Å². The molecule has 1 amide bonds. The number of carbonyl (C=O) groups is 2. The zero-order chi connectivity index (χ0) is 14.7. The van der Waals surface area contributed by atoms with Crippen LogP contribution in [0.25, 0.3) is 0 Å². The fourth-order valence-corrected chi connectivity index (χ4v) is 1.90. The molecule has 7 heteroatoms. The molecule has 0 aromatic heterocycles. The fourth-order valence-electron chi connectivity index (χ4n) is 1.90. The maximum Gasteiger partial charge on any atom is 0.326 e. The Morgan fingerprint density at radius 1 is 1.30 bits per heavy atom. The van der Waals surface area contributed by atoms with E-state index in [2.05, 4.69) is 10.6 Å². The van der Waals surface area contributed by atoms with Crippen LogP contribution in [0.3, 0.4) is 0 Å². The van der Waals surface area contributed by atoms with Gasteiger partial charge in [0.2, 0.25) is 5.91 Å². The minimum Gasteiger partial charge on any atom is -0.504 e. The number of carboxylic acid groups (broad SMARTS) is 1. The number of phenols is 2. The second-order valence-corrected chi connectivity index (χ2v) is 4.78. The molecule has 0 spiro atoms. The highest BCUT2D eigenvalue weighted by Gasteiger charge is 2.29. The van der Waals surface area contributed by atoms with Crippen molar-refractivity contribution in [3.63, 3.8) is 0 Å². The van der Waals surface area contributed by atoms with E-state index in [0.29, 0.717) is 18.7 Å². The van der Waals surface area contributed by atoms with E-state index in [0.717, 1.165) is 0 Å². The SMILES string of the molecule is O=C(NC(Cc1ccc(O)c(O)c1)C(=O)O)C1CNC1. The predicted octanol–water partition coefficient (Wildman–Crippen LogP) is -0.571. The molecule has 1 aromatic rings. The first kappa shape index (κ1) is 14.1. The highest BCUT2D eigenvalue weighted by Crippen LogP contribution is 2.25. The molecule has 108 valence electrons. The van der Waals surface area contributed by atoms with Gasteiger partial charge in [-0.15, -0.1) is 0 Å². The van der Waals surface area contributed by atoms with Crippen LogP contribution in [-0.4, -0.2) is 46.3 Å². The van der Waals surface area contributed by atoms with Gasteiger partial charge in [0.25, 0.3) is 0 Å². The van der Waals surface area contributed by atoms with Crippen LogP contribution in [0.1, 0.15) is 5.56 Å². The van der Waals surface area contributed by atoms with Gasteiger partial charge in [0.05, 0.1) is 5.92 Å². The van der Waals surface area contributed by atoms with Crippen molar-refractivity contribution < 1.29 is 24.9 Å². The zero-order valence-corrected chi connectivity index (χ0v) is 10.7. The summed E-state index contributed by atoms with van der Waals surface area (Å²) in [5, 5.41) is 33.1. The number of aromatic hydroxyl groups is 2. The molecule has 2 rings (SSSR count). The Labute approximate surface area is 115 Å². The van der Waals surface area contributed by atoms with E-state index in [4.69, 9.17) is 5.11 Å². The molecule has 1 heterocycles. The molecule has 0 saturated carbocycles. The van der Waals surface area contributed by atoms with Crippen LogP contribution in [0.2, 0.25) is 0 Å². The lowest BCUT2D eigenvalue weighted by atomic mass is 10.0. The highest BCUT2D eigenvalue weighted by atomic mass is 16.4. The van der Waals surface area contributed by atoms with Crippen LogP contribution >= 0.6 is 0 Å². The van der Waals surface area contributed by atoms with E-state index in [1.807, 2.05) is 0 Å². The average Bonchev–Trinajstić information content (AvgIpc) is 2.30. The summed E-state index contributed by atoms with van der Waals surface area (Å²) in [6.45, 7) is 1.11. The number of amides is 1. The highest BCUT2D eigenvalue weighted by molar-refractivity contribution is 5.86. The lowest BCUT2D eigenvalue weighted by Gasteiger charge is -2.27. The van der Waals surface area contributed by atoms with Crippen molar-refractivity contribution in [3.05, 3.63) is 23.8 Å². The normalized spacial score (nSPS) is 16.2. The zero-order valence-electron chi connectivity index (χ0n) is 10.7. The Balaban J connectivity index is 2.02. The monoisotopic (exact) mass is 280 g/mol. The first-order valence-electron chi connectivity index (χ1n) is 6.22. The van der Waals surface area contributed by atoms with Gasteiger partial charge in [-0.1, -0.05) is 6.07 Å². The van der Waals surface area contributed by atoms with Gasteiger partial charge in [-0.05, 0) is 17.7 Å². The van der Waals surface area contributed by atoms with Crippen LogP contribution in [0.4, 0.5) is 0 Å². The number of benzene rings is 1. The van der Waals surface area contributed by atoms with Gasteiger partial charge in [0.15, 0.2) is 11.5 Å². The first-order chi connectivity index (χ1) is 9.47. The molecule has 5 N–H and O–H groups in total. The molecule has 1 fully saturated rings. The number of hydrogen-bond acceptors (Lipinski definition) is 5. The van der Waals surface area contributed by atoms with Gasteiger partial charge in [-0.3, -0.25) is 4.79 Å². The second-order valence-electron chi connectivity index (χ2n) is 4.78. The van der Waals surface area contributed by atoms with Gasteiger partial charge >= 0.3 is 5.97 Å². The number of aliphatic carboxylic acids is 1. The Morgan fingerprint density at radius 2 is 2.00 bits per heavy atom. The van der Waals surface area contributed by atoms with Gasteiger partial charge < -0.3 is 26.0 Å². The second kappa shape index (κ2) is 5.79. The molecule has 0 bridgehead atoms. The molecule has 1 atom stereocenters. The number of nitrogens with one attached hydrogen (secondary N) is 2. The van der Waals surface area contributed by atoms with Crippen LogP contribution in [0.5, 0.6) is 11.5 Å². The average molecular weight is 280 g/mol. The molecule has 1 unspecified atom stereocenters. The van der Waals surface area contributed by atoms with Crippen LogP contribution in [-0.2, 0) is 16.0 Å². The molecular formula is C13H16N2O5. The van der Waals surface area contributed by atoms with E-state index in [1.165, 1.54) is 18.2 Å². The summed E-state index contributed by atoms with van der Waals surface area (Å²) in [5.74, 6) is -2.21. The summed E-state index contributed by atoms with van der Waals surface area (Å²) in [6, 6.07) is 3.00. The van der Waals surface area contributed by atoms with Gasteiger partial charge in [0.1, 0.15) is 6.04 Å². The smallest absolute Gasteiger partial charge is 0.326 e. The lowest BCUT2D eigenvalue weighted by Crippen LogP contribution is -2.54. The number of rotatable bonds is 5. The van der Waals surface area contributed by atoms with Crippen LogP contribution < -0.4 is 10.6 Å². The van der Waals surface area contributed by atoms with Crippen LogP contribution in [0, 0.1) is 5.92 Å². The number of carboxylic acids is 1.